The van der Waals surface area contributed by atoms with Gasteiger partial charge in [-0.15, -0.1) is 0 Å². The van der Waals surface area contributed by atoms with Crippen LogP contribution in [0.2, 0.25) is 5.02 Å². The molecule has 0 aromatic heterocycles. The van der Waals surface area contributed by atoms with E-state index in [2.05, 4.69) is 26.1 Å². The summed E-state index contributed by atoms with van der Waals surface area (Å²) >= 11 is 6.05. The highest BCUT2D eigenvalue weighted by Crippen LogP contribution is 2.32. The molecule has 0 bridgehead atoms. The monoisotopic (exact) mass is 458 g/mol. The second-order valence-electron chi connectivity index (χ2n) is 9.21. The minimum absolute atomic E-state index is 0.0274. The van der Waals surface area contributed by atoms with E-state index < -0.39 is 0 Å². The lowest BCUT2D eigenvalue weighted by Crippen LogP contribution is -2.34. The SMILES string of the molecule is CC(C)(C)c1ccc(NC2=C(c3ccc(Cl)cc3)C(=O)N(CCc3ccccc3)C2=O)cc1. The number of amides is 2. The molecular weight excluding hydrogens is 432 g/mol. The van der Waals surface area contributed by atoms with Gasteiger partial charge in [0.1, 0.15) is 5.70 Å². The Labute approximate surface area is 199 Å². The number of hydrogen-bond donors (Lipinski definition) is 1. The number of rotatable bonds is 6. The van der Waals surface area contributed by atoms with Crippen LogP contribution in [0.1, 0.15) is 37.5 Å². The Hall–Kier alpha value is -3.37. The number of anilines is 1. The third kappa shape index (κ3) is 5.01. The van der Waals surface area contributed by atoms with E-state index >= 15 is 0 Å². The maximum atomic E-state index is 13.4. The lowest BCUT2D eigenvalue weighted by atomic mass is 9.87. The number of carbonyl (C=O) groups excluding carboxylic acids is 2. The van der Waals surface area contributed by atoms with Gasteiger partial charge in [0.25, 0.3) is 11.8 Å². The van der Waals surface area contributed by atoms with Crippen molar-refractivity contribution in [3.63, 3.8) is 0 Å². The van der Waals surface area contributed by atoms with Crippen LogP contribution in [0, 0.1) is 0 Å². The second kappa shape index (κ2) is 9.24. The lowest BCUT2D eigenvalue weighted by molar-refractivity contribution is -0.136. The highest BCUT2D eigenvalue weighted by molar-refractivity contribution is 6.36. The maximum Gasteiger partial charge on any atom is 0.278 e. The summed E-state index contributed by atoms with van der Waals surface area (Å²) in [6.07, 6.45) is 0.597. The Kier molecular flexibility index (Phi) is 6.39. The van der Waals surface area contributed by atoms with Crippen molar-refractivity contribution >= 4 is 34.7 Å². The molecule has 0 radical (unpaired) electrons. The normalized spacial score (nSPS) is 14.2. The zero-order chi connectivity index (χ0) is 23.6. The number of nitrogens with zero attached hydrogens (tertiary/aromatic N) is 1. The van der Waals surface area contributed by atoms with Crippen molar-refractivity contribution in [3.05, 3.63) is 106 Å². The smallest absolute Gasteiger partial charge is 0.278 e. The highest BCUT2D eigenvalue weighted by Gasteiger charge is 2.39. The summed E-state index contributed by atoms with van der Waals surface area (Å²) in [7, 11) is 0. The topological polar surface area (TPSA) is 49.4 Å². The van der Waals surface area contributed by atoms with Crippen LogP contribution in [-0.4, -0.2) is 23.3 Å². The van der Waals surface area contributed by atoms with Crippen LogP contribution in [0.3, 0.4) is 0 Å². The number of halogens is 1. The minimum atomic E-state index is -0.319. The molecule has 0 aliphatic carbocycles. The molecule has 1 heterocycles. The van der Waals surface area contributed by atoms with Crippen molar-refractivity contribution in [3.8, 4) is 0 Å². The fourth-order valence-corrected chi connectivity index (χ4v) is 3.99. The average molecular weight is 459 g/mol. The molecule has 5 heteroatoms. The summed E-state index contributed by atoms with van der Waals surface area (Å²) in [5.74, 6) is -0.618. The molecule has 4 nitrogen and oxygen atoms in total. The van der Waals surface area contributed by atoms with E-state index in [0.717, 1.165) is 11.3 Å². The number of carbonyl (C=O) groups is 2. The molecular formula is C28H27ClN2O2. The largest absolute Gasteiger partial charge is 0.350 e. The van der Waals surface area contributed by atoms with Crippen LogP contribution in [0.25, 0.3) is 5.57 Å². The van der Waals surface area contributed by atoms with E-state index in [1.807, 2.05) is 54.6 Å². The number of benzene rings is 3. The molecule has 0 saturated heterocycles. The Morgan fingerprint density at radius 2 is 1.45 bits per heavy atom. The standard InChI is InChI=1S/C28H27ClN2O2/c1-28(2,3)21-11-15-23(16-12-21)30-25-24(20-9-13-22(29)14-10-20)26(32)31(27(25)33)18-17-19-7-5-4-6-8-19/h4-16,30H,17-18H2,1-3H3. The molecule has 33 heavy (non-hydrogen) atoms. The lowest BCUT2D eigenvalue weighted by Gasteiger charge is -2.19. The van der Waals surface area contributed by atoms with Crippen LogP contribution >= 0.6 is 11.6 Å². The second-order valence-corrected chi connectivity index (χ2v) is 9.64. The van der Waals surface area contributed by atoms with Gasteiger partial charge in [-0.2, -0.15) is 0 Å². The summed E-state index contributed by atoms with van der Waals surface area (Å²) < 4.78 is 0. The molecule has 0 spiro atoms. The van der Waals surface area contributed by atoms with Gasteiger partial charge in [0.15, 0.2) is 0 Å². The van der Waals surface area contributed by atoms with Gasteiger partial charge in [0.2, 0.25) is 0 Å². The predicted molar refractivity (Wildman–Crippen MR) is 134 cm³/mol. The van der Waals surface area contributed by atoms with Crippen molar-refractivity contribution in [2.24, 2.45) is 0 Å². The first-order valence-corrected chi connectivity index (χ1v) is 11.4. The molecule has 1 aliphatic rings. The first-order chi connectivity index (χ1) is 15.7. The fraction of sp³-hybridized carbons (Fsp3) is 0.214. The molecule has 0 unspecified atom stereocenters. The molecule has 168 valence electrons. The van der Waals surface area contributed by atoms with Gasteiger partial charge >= 0.3 is 0 Å². The quantitative estimate of drug-likeness (QED) is 0.456. The number of nitrogens with one attached hydrogen (secondary N) is 1. The number of hydrogen-bond acceptors (Lipinski definition) is 3. The minimum Gasteiger partial charge on any atom is -0.350 e. The van der Waals surface area contributed by atoms with Gasteiger partial charge in [0.05, 0.1) is 5.57 Å². The molecule has 2 amide bonds. The van der Waals surface area contributed by atoms with Gasteiger partial charge in [-0.25, -0.2) is 0 Å². The third-order valence-corrected chi connectivity index (χ3v) is 6.04. The van der Waals surface area contributed by atoms with Crippen molar-refractivity contribution in [1.29, 1.82) is 0 Å². The Morgan fingerprint density at radius 3 is 2.06 bits per heavy atom. The summed E-state index contributed by atoms with van der Waals surface area (Å²) in [5, 5.41) is 3.80. The zero-order valence-electron chi connectivity index (χ0n) is 19.1. The molecule has 3 aromatic rings. The fourth-order valence-electron chi connectivity index (χ4n) is 3.86. The van der Waals surface area contributed by atoms with Gasteiger partial charge in [-0.05, 0) is 52.8 Å². The first-order valence-electron chi connectivity index (χ1n) is 11.0. The number of imide groups is 1. The summed E-state index contributed by atoms with van der Waals surface area (Å²) in [6, 6.07) is 24.8. The van der Waals surface area contributed by atoms with Crippen LogP contribution in [0.5, 0.6) is 0 Å². The van der Waals surface area contributed by atoms with Crippen LogP contribution in [0.15, 0.2) is 84.6 Å². The maximum absolute atomic E-state index is 13.4. The highest BCUT2D eigenvalue weighted by atomic mass is 35.5. The van der Waals surface area contributed by atoms with Crippen molar-refractivity contribution in [1.82, 2.24) is 4.90 Å². The Bertz CT molecular complexity index is 1190. The van der Waals surface area contributed by atoms with Gasteiger partial charge in [0, 0.05) is 17.3 Å². The van der Waals surface area contributed by atoms with Crippen molar-refractivity contribution in [2.75, 3.05) is 11.9 Å². The average Bonchev–Trinajstić information content (AvgIpc) is 3.02. The van der Waals surface area contributed by atoms with E-state index in [-0.39, 0.29) is 17.2 Å². The summed E-state index contributed by atoms with van der Waals surface area (Å²) in [5.41, 5.74) is 4.37. The van der Waals surface area contributed by atoms with E-state index in [4.69, 9.17) is 11.6 Å². The Morgan fingerprint density at radius 1 is 0.818 bits per heavy atom. The van der Waals surface area contributed by atoms with Gasteiger partial charge < -0.3 is 5.32 Å². The molecule has 3 aromatic carbocycles. The van der Waals surface area contributed by atoms with Crippen molar-refractivity contribution in [2.45, 2.75) is 32.6 Å². The van der Waals surface area contributed by atoms with Gasteiger partial charge in [-0.1, -0.05) is 87.0 Å². The summed E-state index contributed by atoms with van der Waals surface area (Å²) in [4.78, 5) is 28.1. The summed E-state index contributed by atoms with van der Waals surface area (Å²) in [6.45, 7) is 6.77. The third-order valence-electron chi connectivity index (χ3n) is 5.79. The Balaban J connectivity index is 1.65. The van der Waals surface area contributed by atoms with Crippen LogP contribution in [0.4, 0.5) is 5.69 Å². The van der Waals surface area contributed by atoms with E-state index in [9.17, 15) is 9.59 Å². The van der Waals surface area contributed by atoms with Gasteiger partial charge in [-0.3, -0.25) is 14.5 Å². The first kappa shape index (κ1) is 22.8. The molecule has 1 N–H and O–H groups in total. The van der Waals surface area contributed by atoms with Crippen LogP contribution in [-0.2, 0) is 21.4 Å². The predicted octanol–water partition coefficient (Wildman–Crippen LogP) is 6.07. The van der Waals surface area contributed by atoms with E-state index in [0.29, 0.717) is 34.8 Å². The molecule has 1 aliphatic heterocycles. The molecule has 0 fully saturated rings. The molecule has 0 saturated carbocycles. The molecule has 0 atom stereocenters. The van der Waals surface area contributed by atoms with Crippen molar-refractivity contribution < 1.29 is 9.59 Å². The van der Waals surface area contributed by atoms with E-state index in [1.165, 1.54) is 10.5 Å². The zero-order valence-corrected chi connectivity index (χ0v) is 19.8. The molecule has 4 rings (SSSR count). The van der Waals surface area contributed by atoms with E-state index in [1.54, 1.807) is 24.3 Å². The van der Waals surface area contributed by atoms with Crippen LogP contribution < -0.4 is 5.32 Å².